The van der Waals surface area contributed by atoms with Crippen LogP contribution in [0.4, 0.5) is 0 Å². The predicted octanol–water partition coefficient (Wildman–Crippen LogP) is -0.637. The second-order valence-electron chi connectivity index (χ2n) is 2.03. The number of nitriles is 1. The predicted molar refractivity (Wildman–Crippen MR) is 36.9 cm³/mol. The van der Waals surface area contributed by atoms with Crippen molar-refractivity contribution >= 4 is 5.91 Å². The summed E-state index contributed by atoms with van der Waals surface area (Å²) in [7, 11) is 0. The highest BCUT2D eigenvalue weighted by Gasteiger charge is 2.02. The van der Waals surface area contributed by atoms with Crippen molar-refractivity contribution in [1.29, 1.82) is 5.26 Å². The Balaban J connectivity index is 3.49. The van der Waals surface area contributed by atoms with E-state index in [0.29, 0.717) is 6.42 Å². The second kappa shape index (κ2) is 4.77. The van der Waals surface area contributed by atoms with E-state index in [1.54, 1.807) is 6.92 Å². The number of nitrogens with one attached hydrogen (secondary N) is 1. The Labute approximate surface area is 60.0 Å². The molecule has 10 heavy (non-hydrogen) atoms. The van der Waals surface area contributed by atoms with Gasteiger partial charge in [0.15, 0.2) is 0 Å². The van der Waals surface area contributed by atoms with Crippen LogP contribution in [0.25, 0.3) is 0 Å². The molecule has 0 spiro atoms. The largest absolute Gasteiger partial charge is 0.352 e. The fourth-order valence-corrected chi connectivity index (χ4v) is 0.522. The van der Waals surface area contributed by atoms with Crippen LogP contribution >= 0.6 is 0 Å². The molecule has 4 heteroatoms. The van der Waals surface area contributed by atoms with Crippen molar-refractivity contribution < 1.29 is 4.79 Å². The molecule has 0 aliphatic rings. The molecule has 0 aromatic carbocycles. The average Bonchev–Trinajstić information content (AvgIpc) is 1.88. The Kier molecular flexibility index (Phi) is 4.25. The van der Waals surface area contributed by atoms with Crippen LogP contribution in [-0.2, 0) is 4.79 Å². The first kappa shape index (κ1) is 8.92. The highest BCUT2D eigenvalue weighted by Crippen LogP contribution is 1.85. The van der Waals surface area contributed by atoms with Crippen LogP contribution in [0.1, 0.15) is 13.3 Å². The Bertz CT molecular complexity index is 150. The first-order valence-corrected chi connectivity index (χ1v) is 3.07. The molecule has 0 aliphatic heterocycles. The third-order valence-corrected chi connectivity index (χ3v) is 0.990. The van der Waals surface area contributed by atoms with Crippen molar-refractivity contribution in [3.05, 3.63) is 0 Å². The van der Waals surface area contributed by atoms with Crippen molar-refractivity contribution in [2.45, 2.75) is 19.4 Å². The van der Waals surface area contributed by atoms with E-state index in [-0.39, 0.29) is 18.5 Å². The molecule has 0 aliphatic carbocycles. The lowest BCUT2D eigenvalue weighted by Gasteiger charge is -2.07. The van der Waals surface area contributed by atoms with Gasteiger partial charge in [0.25, 0.3) is 0 Å². The van der Waals surface area contributed by atoms with E-state index in [2.05, 4.69) is 5.32 Å². The number of rotatable bonds is 3. The maximum atomic E-state index is 10.6. The van der Waals surface area contributed by atoms with Crippen molar-refractivity contribution in [2.75, 3.05) is 6.54 Å². The van der Waals surface area contributed by atoms with Crippen LogP contribution in [0.3, 0.4) is 0 Å². The third-order valence-electron chi connectivity index (χ3n) is 0.990. The van der Waals surface area contributed by atoms with Gasteiger partial charge in [0, 0.05) is 6.04 Å². The van der Waals surface area contributed by atoms with Crippen molar-refractivity contribution in [3.8, 4) is 6.07 Å². The van der Waals surface area contributed by atoms with Crippen molar-refractivity contribution in [1.82, 2.24) is 5.32 Å². The van der Waals surface area contributed by atoms with Gasteiger partial charge in [0.2, 0.25) is 5.91 Å². The Morgan fingerprint density at radius 2 is 2.50 bits per heavy atom. The number of nitrogens with zero attached hydrogens (tertiary/aromatic N) is 1. The summed E-state index contributed by atoms with van der Waals surface area (Å²) in [5.41, 5.74) is 5.02. The van der Waals surface area contributed by atoms with E-state index in [1.807, 2.05) is 6.07 Å². The first-order chi connectivity index (χ1) is 4.70. The minimum Gasteiger partial charge on any atom is -0.352 e. The quantitative estimate of drug-likeness (QED) is 0.549. The summed E-state index contributed by atoms with van der Waals surface area (Å²) in [5, 5.41) is 10.7. The fourth-order valence-electron chi connectivity index (χ4n) is 0.522. The fraction of sp³-hybridized carbons (Fsp3) is 0.667. The van der Waals surface area contributed by atoms with Crippen molar-refractivity contribution in [3.63, 3.8) is 0 Å². The molecule has 1 amide bonds. The number of amides is 1. The molecule has 0 aromatic heterocycles. The lowest BCUT2D eigenvalue weighted by Crippen LogP contribution is -2.36. The van der Waals surface area contributed by atoms with Gasteiger partial charge in [0.05, 0.1) is 19.0 Å². The zero-order valence-electron chi connectivity index (χ0n) is 5.92. The van der Waals surface area contributed by atoms with Gasteiger partial charge >= 0.3 is 0 Å². The van der Waals surface area contributed by atoms with Crippen LogP contribution in [-0.4, -0.2) is 18.5 Å². The number of hydrogen-bond donors (Lipinski definition) is 2. The van der Waals surface area contributed by atoms with Gasteiger partial charge < -0.3 is 11.1 Å². The second-order valence-corrected chi connectivity index (χ2v) is 2.03. The minimum absolute atomic E-state index is 0.0181. The number of nitrogens with two attached hydrogens (primary N) is 1. The Morgan fingerprint density at radius 1 is 1.90 bits per heavy atom. The van der Waals surface area contributed by atoms with Crippen LogP contribution in [0.15, 0.2) is 0 Å². The van der Waals surface area contributed by atoms with Gasteiger partial charge in [0.1, 0.15) is 0 Å². The summed E-state index contributed by atoms with van der Waals surface area (Å²) in [6.45, 7) is 1.74. The number of hydrogen-bond acceptors (Lipinski definition) is 3. The number of carbonyl (C=O) groups is 1. The molecule has 4 nitrogen and oxygen atoms in total. The zero-order valence-corrected chi connectivity index (χ0v) is 5.92. The zero-order chi connectivity index (χ0) is 7.98. The van der Waals surface area contributed by atoms with Gasteiger partial charge in [-0.25, -0.2) is 0 Å². The van der Waals surface area contributed by atoms with Gasteiger partial charge in [-0.3, -0.25) is 4.79 Å². The summed E-state index contributed by atoms with van der Waals surface area (Å²) >= 11 is 0. The maximum Gasteiger partial charge on any atom is 0.233 e. The normalized spacial score (nSPS) is 11.7. The SMILES string of the molecule is CC(CC#N)NC(=O)CN. The van der Waals surface area contributed by atoms with Gasteiger partial charge in [-0.1, -0.05) is 0 Å². The molecule has 0 fully saturated rings. The maximum absolute atomic E-state index is 10.6. The molecular weight excluding hydrogens is 130 g/mol. The van der Waals surface area contributed by atoms with E-state index >= 15 is 0 Å². The molecule has 56 valence electrons. The van der Waals surface area contributed by atoms with Gasteiger partial charge in [-0.2, -0.15) is 5.26 Å². The lowest BCUT2D eigenvalue weighted by molar-refractivity contribution is -0.120. The molecule has 1 atom stereocenters. The standard InChI is InChI=1S/C6H11N3O/c1-5(2-3-7)9-6(10)4-8/h5H,2,4,8H2,1H3,(H,9,10). The van der Waals surface area contributed by atoms with Crippen LogP contribution in [0.5, 0.6) is 0 Å². The summed E-state index contributed by atoms with van der Waals surface area (Å²) in [5.74, 6) is -0.220. The van der Waals surface area contributed by atoms with E-state index in [9.17, 15) is 4.79 Å². The molecule has 0 heterocycles. The average molecular weight is 141 g/mol. The summed E-state index contributed by atoms with van der Waals surface area (Å²) in [6.07, 6.45) is 0.325. The lowest BCUT2D eigenvalue weighted by atomic mass is 10.2. The highest BCUT2D eigenvalue weighted by molar-refractivity contribution is 5.77. The summed E-state index contributed by atoms with van der Waals surface area (Å²) in [6, 6.07) is 1.85. The topological polar surface area (TPSA) is 78.9 Å². The molecule has 0 rings (SSSR count). The van der Waals surface area contributed by atoms with Gasteiger partial charge in [-0.05, 0) is 6.92 Å². The van der Waals surface area contributed by atoms with E-state index in [0.717, 1.165) is 0 Å². The Hall–Kier alpha value is -1.08. The first-order valence-electron chi connectivity index (χ1n) is 3.07. The molecular formula is C6H11N3O. The number of carbonyl (C=O) groups excluding carboxylic acids is 1. The smallest absolute Gasteiger partial charge is 0.233 e. The van der Waals surface area contributed by atoms with Crippen LogP contribution in [0.2, 0.25) is 0 Å². The molecule has 0 aromatic rings. The van der Waals surface area contributed by atoms with Crippen LogP contribution < -0.4 is 11.1 Å². The highest BCUT2D eigenvalue weighted by atomic mass is 16.1. The monoisotopic (exact) mass is 141 g/mol. The minimum atomic E-state index is -0.220. The van der Waals surface area contributed by atoms with Crippen LogP contribution in [0, 0.1) is 11.3 Å². The molecule has 3 N–H and O–H groups in total. The third kappa shape index (κ3) is 3.87. The Morgan fingerprint density at radius 3 is 2.90 bits per heavy atom. The van der Waals surface area contributed by atoms with E-state index in [4.69, 9.17) is 11.0 Å². The molecule has 0 saturated carbocycles. The molecule has 0 radical (unpaired) electrons. The van der Waals surface area contributed by atoms with E-state index < -0.39 is 0 Å². The van der Waals surface area contributed by atoms with E-state index in [1.165, 1.54) is 0 Å². The molecule has 1 unspecified atom stereocenters. The molecule has 0 bridgehead atoms. The van der Waals surface area contributed by atoms with Crippen molar-refractivity contribution in [2.24, 2.45) is 5.73 Å². The summed E-state index contributed by atoms with van der Waals surface area (Å²) in [4.78, 5) is 10.6. The molecule has 0 saturated heterocycles. The van der Waals surface area contributed by atoms with Gasteiger partial charge in [-0.15, -0.1) is 0 Å². The summed E-state index contributed by atoms with van der Waals surface area (Å²) < 4.78 is 0.